The number of nitrogens with zero attached hydrogens (tertiary/aromatic N) is 2. The van der Waals surface area contributed by atoms with Crippen molar-refractivity contribution in [3.63, 3.8) is 0 Å². The maximum absolute atomic E-state index is 3.23. The van der Waals surface area contributed by atoms with Crippen molar-refractivity contribution in [3.05, 3.63) is 18.7 Å². The number of aromatic nitrogens is 2. The second-order valence-corrected chi connectivity index (χ2v) is 16.5. The second-order valence-electron chi connectivity index (χ2n) is 3.67. The number of rotatable bonds is 6. The van der Waals surface area contributed by atoms with E-state index in [9.17, 15) is 0 Å². The number of hydrogen-bond donors (Lipinski definition) is 0. The van der Waals surface area contributed by atoms with Gasteiger partial charge in [-0.15, -0.1) is 0 Å². The molecule has 100 valence electrons. The van der Waals surface area contributed by atoms with Gasteiger partial charge in [0.1, 0.15) is 12.4 Å². The van der Waals surface area contributed by atoms with Gasteiger partial charge in [0.2, 0.25) is 6.33 Å². The summed E-state index contributed by atoms with van der Waals surface area (Å²) < 4.78 is 4.55. The molecule has 0 aliphatic rings. The summed E-state index contributed by atoms with van der Waals surface area (Å²) in [7, 11) is 0. The Balaban J connectivity index is 0. The van der Waals surface area contributed by atoms with E-state index in [1.54, 1.807) is 0 Å². The number of imidazole rings is 1. The van der Waals surface area contributed by atoms with Gasteiger partial charge in [0.05, 0.1) is 13.1 Å². The standard InChI is InChI=1S/C11H21N2.3BrH.Sn/c1-3-5-7-12-9-10-13(11-12)8-6-4-2;;;;/h9-11H,3-8H2,1-2H3;3*1H;/q+1;;;;+2/p-3. The predicted molar refractivity (Wildman–Crippen MR) is 78.1 cm³/mol. The average Bonchev–Trinajstić information content (AvgIpc) is 2.72. The van der Waals surface area contributed by atoms with Crippen molar-refractivity contribution in [1.82, 2.24) is 4.57 Å². The van der Waals surface area contributed by atoms with Gasteiger partial charge in [0, 0.05) is 0 Å². The van der Waals surface area contributed by atoms with Crippen LogP contribution in [0.2, 0.25) is 0 Å². The predicted octanol–water partition coefficient (Wildman–Crippen LogP) is 0.690. The quantitative estimate of drug-likeness (QED) is 0.372. The van der Waals surface area contributed by atoms with Gasteiger partial charge in [-0.2, -0.15) is 0 Å². The number of halogens is 3. The molecule has 0 unspecified atom stereocenters. The van der Waals surface area contributed by atoms with E-state index in [1.807, 2.05) is 0 Å². The summed E-state index contributed by atoms with van der Waals surface area (Å²) in [5, 5.41) is 0. The first-order valence-electron chi connectivity index (χ1n) is 5.79. The Kier molecular flexibility index (Phi) is 18.9. The van der Waals surface area contributed by atoms with E-state index in [1.165, 1.54) is 25.7 Å². The van der Waals surface area contributed by atoms with E-state index in [0.717, 1.165) is 13.1 Å². The van der Waals surface area contributed by atoms with Crippen LogP contribution in [0.3, 0.4) is 0 Å². The maximum atomic E-state index is 3.23. The van der Waals surface area contributed by atoms with Crippen LogP contribution in [0.4, 0.5) is 0 Å². The van der Waals surface area contributed by atoms with Gasteiger partial charge in [-0.1, -0.05) is 26.7 Å². The first kappa shape index (κ1) is 20.8. The second kappa shape index (κ2) is 15.5. The Morgan fingerprint density at radius 2 is 1.76 bits per heavy atom. The van der Waals surface area contributed by atoms with E-state index < -0.39 is 0 Å². The Morgan fingerprint density at radius 3 is 2.29 bits per heavy atom. The summed E-state index contributed by atoms with van der Waals surface area (Å²) in [5.74, 6) is 0. The van der Waals surface area contributed by atoms with Crippen molar-refractivity contribution in [2.75, 3.05) is 0 Å². The first-order valence-corrected chi connectivity index (χ1v) is 18.6. The zero-order valence-corrected chi connectivity index (χ0v) is 18.1. The summed E-state index contributed by atoms with van der Waals surface area (Å²) >= 11 is 6.32. The topological polar surface area (TPSA) is 8.81 Å². The fraction of sp³-hybridized carbons (Fsp3) is 0.727. The Hall–Kier alpha value is 1.45. The monoisotopic (exact) mass is 538 g/mol. The van der Waals surface area contributed by atoms with Gasteiger partial charge >= 0.3 is 42.1 Å². The third-order valence-corrected chi connectivity index (χ3v) is 2.29. The van der Waals surface area contributed by atoms with Crippen molar-refractivity contribution in [3.8, 4) is 0 Å². The minimum atomic E-state index is -0.145. The van der Waals surface area contributed by atoms with Gasteiger partial charge in [-0.3, -0.25) is 0 Å². The molecule has 0 aliphatic carbocycles. The number of aryl methyl sites for hydroxylation is 2. The van der Waals surface area contributed by atoms with Gasteiger partial charge in [-0.05, 0) is 12.8 Å². The third-order valence-electron chi connectivity index (χ3n) is 2.29. The van der Waals surface area contributed by atoms with E-state index in [-0.39, 0.29) is 33.7 Å². The molecule has 0 aliphatic heterocycles. The molecule has 2 radical (unpaired) electrons. The average molecular weight is 540 g/mol. The summed E-state index contributed by atoms with van der Waals surface area (Å²) in [6, 6.07) is 0. The molecule has 2 nitrogen and oxygen atoms in total. The molecule has 17 heavy (non-hydrogen) atoms. The molecule has 0 aromatic carbocycles. The fourth-order valence-electron chi connectivity index (χ4n) is 1.38. The van der Waals surface area contributed by atoms with Crippen molar-refractivity contribution in [2.45, 2.75) is 52.6 Å². The van der Waals surface area contributed by atoms with Crippen LogP contribution in [0.15, 0.2) is 18.7 Å². The van der Waals surface area contributed by atoms with Crippen LogP contribution in [0.1, 0.15) is 39.5 Å². The van der Waals surface area contributed by atoms with E-state index >= 15 is 0 Å². The molecule has 0 amide bonds. The number of hydrogen-bond acceptors (Lipinski definition) is 0. The molecule has 0 N–H and O–H groups in total. The van der Waals surface area contributed by atoms with Gasteiger partial charge in [-0.25, -0.2) is 9.13 Å². The van der Waals surface area contributed by atoms with Gasteiger partial charge < -0.3 is 17.0 Å². The van der Waals surface area contributed by atoms with Crippen LogP contribution in [-0.4, -0.2) is 21.3 Å². The molecule has 0 bridgehead atoms. The van der Waals surface area contributed by atoms with Crippen LogP contribution >= 0.6 is 25.4 Å². The molecule has 6 heteroatoms. The normalized spacial score (nSPS) is 9.18. The fourth-order valence-corrected chi connectivity index (χ4v) is 1.38. The van der Waals surface area contributed by atoms with Crippen LogP contribution < -0.4 is 21.5 Å². The Labute approximate surface area is 138 Å². The zero-order valence-electron chi connectivity index (χ0n) is 10.5. The molecule has 1 rings (SSSR count). The molecule has 0 spiro atoms. The zero-order chi connectivity index (χ0) is 12.2. The van der Waals surface area contributed by atoms with Crippen LogP contribution in [0, 0.1) is 0 Å². The van der Waals surface area contributed by atoms with Crippen molar-refractivity contribution >= 4 is 42.1 Å². The third kappa shape index (κ3) is 12.2. The van der Waals surface area contributed by atoms with Crippen molar-refractivity contribution in [2.24, 2.45) is 0 Å². The SMILES string of the molecule is CCCCn1cc[n+](CCCC)c1.[Br-].[Br][Sn][Br]. The summed E-state index contributed by atoms with van der Waals surface area (Å²) in [4.78, 5) is 0. The molecule has 0 saturated heterocycles. The molecular formula is C11H21Br3N2Sn. The summed E-state index contributed by atoms with van der Waals surface area (Å²) in [6.07, 6.45) is 11.7. The van der Waals surface area contributed by atoms with Crippen LogP contribution in [-0.2, 0) is 13.1 Å². The van der Waals surface area contributed by atoms with Crippen molar-refractivity contribution in [1.29, 1.82) is 0 Å². The molecule has 0 fully saturated rings. The Morgan fingerprint density at radius 1 is 1.18 bits per heavy atom. The van der Waals surface area contributed by atoms with E-state index in [2.05, 4.69) is 67.1 Å². The molecule has 0 saturated carbocycles. The Bertz CT molecular complexity index is 234. The van der Waals surface area contributed by atoms with Gasteiger partial charge in [0.25, 0.3) is 0 Å². The van der Waals surface area contributed by atoms with E-state index in [0.29, 0.717) is 0 Å². The van der Waals surface area contributed by atoms with Gasteiger partial charge in [0.15, 0.2) is 0 Å². The summed E-state index contributed by atoms with van der Waals surface area (Å²) in [5.41, 5.74) is 0. The molecule has 1 aromatic rings. The van der Waals surface area contributed by atoms with Crippen LogP contribution in [0.5, 0.6) is 0 Å². The summed E-state index contributed by atoms with van der Waals surface area (Å²) in [6.45, 7) is 6.79. The van der Waals surface area contributed by atoms with Crippen molar-refractivity contribution < 1.29 is 21.5 Å². The minimum absolute atomic E-state index is 0. The molecular weight excluding hydrogens is 519 g/mol. The van der Waals surface area contributed by atoms with Crippen LogP contribution in [0.25, 0.3) is 0 Å². The first-order chi connectivity index (χ1) is 7.78. The number of unbranched alkanes of at least 4 members (excludes halogenated alkanes) is 2. The molecule has 0 atom stereocenters. The van der Waals surface area contributed by atoms with E-state index in [4.69, 9.17) is 0 Å². The molecule has 1 heterocycles. The molecule has 1 aromatic heterocycles.